The zero-order valence-electron chi connectivity index (χ0n) is 10.8. The lowest BCUT2D eigenvalue weighted by molar-refractivity contribution is -0.114. The fraction of sp³-hybridized carbons (Fsp3) is 0.667. The smallest absolute Gasteiger partial charge is 0.187 e. The number of carbonyl (C=O) groups is 1. The van der Waals surface area contributed by atoms with Crippen LogP contribution in [0.15, 0.2) is 22.8 Å². The summed E-state index contributed by atoms with van der Waals surface area (Å²) in [5, 5.41) is 9.44. The second-order valence-electron chi connectivity index (χ2n) is 6.71. The molecule has 0 radical (unpaired) electrons. The Bertz CT molecular complexity index is 467. The molecule has 0 saturated heterocycles. The van der Waals surface area contributed by atoms with E-state index in [4.69, 9.17) is 0 Å². The predicted molar refractivity (Wildman–Crippen MR) is 66.4 cm³/mol. The topological polar surface area (TPSA) is 37.3 Å². The third-order valence-corrected chi connectivity index (χ3v) is 5.06. The van der Waals surface area contributed by atoms with Crippen LogP contribution in [0.2, 0.25) is 0 Å². The van der Waals surface area contributed by atoms with E-state index < -0.39 is 0 Å². The molecule has 0 aliphatic heterocycles. The summed E-state index contributed by atoms with van der Waals surface area (Å²) in [6.45, 7) is 6.58. The first kappa shape index (κ1) is 11.2. The summed E-state index contributed by atoms with van der Waals surface area (Å²) >= 11 is 0. The number of hydrogen-bond acceptors (Lipinski definition) is 2. The minimum absolute atomic E-state index is 0.0890. The standard InChI is InChI=1S/C15H20O2/c1-14(2)6-9-12(7-14)15(3)5-4-11(15)10(8-16)13(9)17/h6,12,16H,4-5,7-8H2,1-3H3/t12-,15?/m1/s1. The molecule has 0 aromatic rings. The lowest BCUT2D eigenvalue weighted by atomic mass is 9.52. The molecule has 0 amide bonds. The van der Waals surface area contributed by atoms with E-state index in [1.165, 1.54) is 5.57 Å². The molecule has 0 heterocycles. The van der Waals surface area contributed by atoms with Crippen molar-refractivity contribution in [2.75, 3.05) is 6.61 Å². The van der Waals surface area contributed by atoms with Crippen molar-refractivity contribution in [3.8, 4) is 0 Å². The van der Waals surface area contributed by atoms with Gasteiger partial charge in [-0.3, -0.25) is 4.79 Å². The van der Waals surface area contributed by atoms with E-state index in [1.807, 2.05) is 0 Å². The molecule has 0 aromatic heterocycles. The summed E-state index contributed by atoms with van der Waals surface area (Å²) < 4.78 is 0. The van der Waals surface area contributed by atoms with Crippen LogP contribution in [0.25, 0.3) is 0 Å². The van der Waals surface area contributed by atoms with Gasteiger partial charge in [0.25, 0.3) is 0 Å². The molecule has 3 aliphatic carbocycles. The molecule has 1 unspecified atom stereocenters. The van der Waals surface area contributed by atoms with Crippen LogP contribution in [0.5, 0.6) is 0 Å². The van der Waals surface area contributed by atoms with Crippen molar-refractivity contribution in [3.63, 3.8) is 0 Å². The molecule has 3 aliphatic rings. The van der Waals surface area contributed by atoms with Crippen molar-refractivity contribution in [1.29, 1.82) is 0 Å². The first-order valence-corrected chi connectivity index (χ1v) is 6.50. The van der Waals surface area contributed by atoms with E-state index in [9.17, 15) is 9.90 Å². The third-order valence-electron chi connectivity index (χ3n) is 5.06. The Kier molecular flexibility index (Phi) is 2.05. The Morgan fingerprint density at radius 1 is 1.41 bits per heavy atom. The molecule has 0 spiro atoms. The van der Waals surface area contributed by atoms with Crippen LogP contribution in [0.4, 0.5) is 0 Å². The lowest BCUT2D eigenvalue weighted by Gasteiger charge is -2.51. The number of carbonyl (C=O) groups excluding carboxylic acids is 1. The van der Waals surface area contributed by atoms with Crippen molar-refractivity contribution < 1.29 is 9.90 Å². The van der Waals surface area contributed by atoms with Crippen LogP contribution >= 0.6 is 0 Å². The normalized spacial score (nSPS) is 38.5. The number of aliphatic hydroxyl groups excluding tert-OH is 1. The summed E-state index contributed by atoms with van der Waals surface area (Å²) in [4.78, 5) is 12.4. The quantitative estimate of drug-likeness (QED) is 0.754. The van der Waals surface area contributed by atoms with Gasteiger partial charge in [0.1, 0.15) is 0 Å². The highest BCUT2D eigenvalue weighted by molar-refractivity contribution is 6.11. The van der Waals surface area contributed by atoms with Crippen molar-refractivity contribution in [2.24, 2.45) is 16.7 Å². The van der Waals surface area contributed by atoms with Gasteiger partial charge in [0.15, 0.2) is 5.78 Å². The number of hydrogen-bond donors (Lipinski definition) is 1. The van der Waals surface area contributed by atoms with Gasteiger partial charge >= 0.3 is 0 Å². The molecule has 1 N–H and O–H groups in total. The summed E-state index contributed by atoms with van der Waals surface area (Å²) in [5.74, 6) is 0.513. The van der Waals surface area contributed by atoms with Crippen LogP contribution in [-0.4, -0.2) is 17.5 Å². The zero-order valence-corrected chi connectivity index (χ0v) is 10.8. The molecule has 92 valence electrons. The van der Waals surface area contributed by atoms with E-state index in [0.717, 1.165) is 24.8 Å². The molecule has 1 fully saturated rings. The van der Waals surface area contributed by atoms with Crippen molar-refractivity contribution in [3.05, 3.63) is 22.8 Å². The Hall–Kier alpha value is -0.890. The van der Waals surface area contributed by atoms with Gasteiger partial charge in [-0.2, -0.15) is 0 Å². The second-order valence-corrected chi connectivity index (χ2v) is 6.71. The molecule has 0 bridgehead atoms. The van der Waals surface area contributed by atoms with Crippen LogP contribution in [0.3, 0.4) is 0 Å². The largest absolute Gasteiger partial charge is 0.392 e. The number of ketones is 1. The fourth-order valence-electron chi connectivity index (χ4n) is 4.01. The van der Waals surface area contributed by atoms with E-state index >= 15 is 0 Å². The van der Waals surface area contributed by atoms with Crippen LogP contribution in [0, 0.1) is 16.7 Å². The van der Waals surface area contributed by atoms with Gasteiger partial charge < -0.3 is 5.11 Å². The number of aliphatic hydroxyl groups is 1. The molecular weight excluding hydrogens is 212 g/mol. The number of fused-ring (bicyclic) bond motifs is 3. The third kappa shape index (κ3) is 1.28. The van der Waals surface area contributed by atoms with Crippen molar-refractivity contribution in [2.45, 2.75) is 40.0 Å². The average Bonchev–Trinajstić information content (AvgIpc) is 2.57. The minimum Gasteiger partial charge on any atom is -0.392 e. The first-order chi connectivity index (χ1) is 7.89. The van der Waals surface area contributed by atoms with Crippen LogP contribution in [-0.2, 0) is 4.79 Å². The molecule has 2 atom stereocenters. The average molecular weight is 232 g/mol. The maximum atomic E-state index is 12.4. The number of rotatable bonds is 1. The van der Waals surface area contributed by atoms with Gasteiger partial charge in [0.05, 0.1) is 6.61 Å². The van der Waals surface area contributed by atoms with Gasteiger partial charge in [0, 0.05) is 11.1 Å². The molecule has 1 saturated carbocycles. The van der Waals surface area contributed by atoms with E-state index in [-0.39, 0.29) is 23.2 Å². The highest BCUT2D eigenvalue weighted by atomic mass is 16.3. The molecular formula is C15H20O2. The van der Waals surface area contributed by atoms with Gasteiger partial charge in [-0.1, -0.05) is 32.4 Å². The summed E-state index contributed by atoms with van der Waals surface area (Å²) in [6, 6.07) is 0. The minimum atomic E-state index is -0.0890. The number of Topliss-reactive ketones (excluding diaryl/α,β-unsaturated/α-hetero) is 1. The van der Waals surface area contributed by atoms with Crippen molar-refractivity contribution in [1.82, 2.24) is 0 Å². The summed E-state index contributed by atoms with van der Waals surface area (Å²) in [6.07, 6.45) is 5.39. The Balaban J connectivity index is 2.14. The first-order valence-electron chi connectivity index (χ1n) is 6.50. The highest BCUT2D eigenvalue weighted by Gasteiger charge is 2.55. The van der Waals surface area contributed by atoms with Gasteiger partial charge in [-0.25, -0.2) is 0 Å². The van der Waals surface area contributed by atoms with Gasteiger partial charge in [-0.15, -0.1) is 0 Å². The Morgan fingerprint density at radius 3 is 2.65 bits per heavy atom. The summed E-state index contributed by atoms with van der Waals surface area (Å²) in [5.41, 5.74) is 3.20. The molecule has 3 rings (SSSR count). The van der Waals surface area contributed by atoms with E-state index in [1.54, 1.807) is 0 Å². The van der Waals surface area contributed by atoms with E-state index in [0.29, 0.717) is 11.5 Å². The van der Waals surface area contributed by atoms with Gasteiger partial charge in [-0.05, 0) is 36.0 Å². The number of allylic oxidation sites excluding steroid dienone is 3. The maximum absolute atomic E-state index is 12.4. The molecule has 0 aromatic carbocycles. The molecule has 17 heavy (non-hydrogen) atoms. The molecule has 2 heteroatoms. The Morgan fingerprint density at radius 2 is 2.12 bits per heavy atom. The van der Waals surface area contributed by atoms with Gasteiger partial charge in [0.2, 0.25) is 0 Å². The monoisotopic (exact) mass is 232 g/mol. The lowest BCUT2D eigenvalue weighted by Crippen LogP contribution is -2.44. The van der Waals surface area contributed by atoms with E-state index in [2.05, 4.69) is 26.8 Å². The molecule has 2 nitrogen and oxygen atoms in total. The maximum Gasteiger partial charge on any atom is 0.187 e. The second kappa shape index (κ2) is 3.11. The summed E-state index contributed by atoms with van der Waals surface area (Å²) in [7, 11) is 0. The SMILES string of the molecule is CC1(C)C=C2C(=O)C(CO)=C3CCC3(C)[C@@H]2C1. The van der Waals surface area contributed by atoms with Crippen molar-refractivity contribution >= 4 is 5.78 Å². The fourth-order valence-corrected chi connectivity index (χ4v) is 4.01. The Labute approximate surface area is 102 Å². The highest BCUT2D eigenvalue weighted by Crippen LogP contribution is 2.63. The zero-order chi connectivity index (χ0) is 12.4. The van der Waals surface area contributed by atoms with Crippen LogP contribution < -0.4 is 0 Å². The predicted octanol–water partition coefficient (Wildman–Crippen LogP) is 2.63. The van der Waals surface area contributed by atoms with Crippen LogP contribution in [0.1, 0.15) is 40.0 Å².